The maximum atomic E-state index is 12.8. The molecule has 0 saturated carbocycles. The van der Waals surface area contributed by atoms with Gasteiger partial charge in [0.15, 0.2) is 0 Å². The number of benzene rings is 1. The van der Waals surface area contributed by atoms with Gasteiger partial charge in [0.1, 0.15) is 11.6 Å². The summed E-state index contributed by atoms with van der Waals surface area (Å²) in [7, 11) is 0. The van der Waals surface area contributed by atoms with Gasteiger partial charge in [-0.05, 0) is 38.7 Å². The number of nitrogens with one attached hydrogen (secondary N) is 1. The zero-order valence-corrected chi connectivity index (χ0v) is 15.9. The van der Waals surface area contributed by atoms with Crippen molar-refractivity contribution in [2.24, 2.45) is 11.8 Å². The number of hydrogen-bond donors (Lipinski definition) is 1. The summed E-state index contributed by atoms with van der Waals surface area (Å²) >= 11 is 0. The van der Waals surface area contributed by atoms with Gasteiger partial charge in [-0.2, -0.15) is 0 Å². The normalized spacial score (nSPS) is 20.9. The third kappa shape index (κ3) is 5.48. The van der Waals surface area contributed by atoms with Crippen molar-refractivity contribution in [3.63, 3.8) is 0 Å². The third-order valence-electron chi connectivity index (χ3n) is 4.48. The van der Waals surface area contributed by atoms with Crippen LogP contribution < -0.4 is 5.32 Å². The predicted octanol–water partition coefficient (Wildman–Crippen LogP) is 3.24. The van der Waals surface area contributed by atoms with Gasteiger partial charge in [0.2, 0.25) is 5.91 Å². The zero-order chi connectivity index (χ0) is 18.6. The Morgan fingerprint density at radius 3 is 2.48 bits per heavy atom. The fourth-order valence-electron chi connectivity index (χ4n) is 3.14. The van der Waals surface area contributed by atoms with Crippen LogP contribution in [0.1, 0.15) is 40.2 Å². The van der Waals surface area contributed by atoms with Crippen molar-refractivity contribution < 1.29 is 14.3 Å². The molecular formula is C20H30N2O3. The Morgan fingerprint density at radius 2 is 1.92 bits per heavy atom. The van der Waals surface area contributed by atoms with Crippen molar-refractivity contribution in [2.75, 3.05) is 13.1 Å². The van der Waals surface area contributed by atoms with Gasteiger partial charge in [0.05, 0.1) is 0 Å². The van der Waals surface area contributed by atoms with Crippen molar-refractivity contribution in [3.05, 3.63) is 35.9 Å². The van der Waals surface area contributed by atoms with Crippen LogP contribution in [0.2, 0.25) is 0 Å². The lowest BCUT2D eigenvalue weighted by atomic mass is 9.91. The number of alkyl carbamates (subject to hydrolysis) is 1. The molecule has 1 aromatic carbocycles. The van der Waals surface area contributed by atoms with E-state index in [0.29, 0.717) is 19.0 Å². The summed E-state index contributed by atoms with van der Waals surface area (Å²) in [5.41, 5.74) is 0.631. The first-order valence-corrected chi connectivity index (χ1v) is 8.99. The Morgan fingerprint density at radius 1 is 1.28 bits per heavy atom. The van der Waals surface area contributed by atoms with Gasteiger partial charge in [-0.3, -0.25) is 4.79 Å². The monoisotopic (exact) mass is 346 g/mol. The smallest absolute Gasteiger partial charge is 0.408 e. The van der Waals surface area contributed by atoms with Crippen molar-refractivity contribution in [1.29, 1.82) is 0 Å². The molecule has 0 spiro atoms. The lowest BCUT2D eigenvalue weighted by Crippen LogP contribution is -2.47. The summed E-state index contributed by atoms with van der Waals surface area (Å²) in [4.78, 5) is 26.8. The summed E-state index contributed by atoms with van der Waals surface area (Å²) in [6.07, 6.45) is 0.290. The van der Waals surface area contributed by atoms with E-state index in [-0.39, 0.29) is 11.8 Å². The van der Waals surface area contributed by atoms with E-state index in [1.54, 1.807) is 0 Å². The summed E-state index contributed by atoms with van der Waals surface area (Å²) < 4.78 is 5.32. The molecule has 1 aliphatic heterocycles. The van der Waals surface area contributed by atoms with Crippen LogP contribution in [0.4, 0.5) is 4.79 Å². The lowest BCUT2D eigenvalue weighted by Gasteiger charge is -2.24. The van der Waals surface area contributed by atoms with Crippen LogP contribution >= 0.6 is 0 Å². The second kappa shape index (κ2) is 7.89. The number of carbonyl (C=O) groups is 2. The Labute approximate surface area is 150 Å². The number of ether oxygens (including phenoxy) is 1. The van der Waals surface area contributed by atoms with Crippen LogP contribution in [0.3, 0.4) is 0 Å². The second-order valence-electron chi connectivity index (χ2n) is 8.05. The molecule has 0 radical (unpaired) electrons. The molecule has 1 saturated heterocycles. The van der Waals surface area contributed by atoms with E-state index in [2.05, 4.69) is 31.3 Å². The highest BCUT2D eigenvalue weighted by molar-refractivity contribution is 5.88. The van der Waals surface area contributed by atoms with E-state index in [9.17, 15) is 9.59 Å². The van der Waals surface area contributed by atoms with Crippen LogP contribution in [0, 0.1) is 11.8 Å². The van der Waals surface area contributed by atoms with Crippen LogP contribution in [-0.4, -0.2) is 41.6 Å². The van der Waals surface area contributed by atoms with Gasteiger partial charge in [-0.15, -0.1) is 0 Å². The van der Waals surface area contributed by atoms with Crippen LogP contribution in [0.15, 0.2) is 30.3 Å². The number of rotatable bonds is 5. The molecule has 1 heterocycles. The molecule has 138 valence electrons. The molecule has 0 bridgehead atoms. The minimum atomic E-state index is -0.577. The first kappa shape index (κ1) is 19.3. The number of nitrogens with zero attached hydrogens (tertiary/aromatic N) is 1. The molecule has 0 aromatic heterocycles. The van der Waals surface area contributed by atoms with Crippen molar-refractivity contribution in [2.45, 2.75) is 52.7 Å². The Kier molecular flexibility index (Phi) is 6.09. The number of amides is 2. The van der Waals surface area contributed by atoms with Crippen molar-refractivity contribution in [3.8, 4) is 0 Å². The minimum Gasteiger partial charge on any atom is -0.444 e. The van der Waals surface area contributed by atoms with Crippen molar-refractivity contribution >= 4 is 12.0 Å². The highest BCUT2D eigenvalue weighted by Gasteiger charge is 2.42. The number of hydrogen-bond acceptors (Lipinski definition) is 3. The third-order valence-corrected chi connectivity index (χ3v) is 4.48. The van der Waals surface area contributed by atoms with E-state index >= 15 is 0 Å². The average molecular weight is 346 g/mol. The molecule has 5 nitrogen and oxygen atoms in total. The standard InChI is InChI=1S/C20H30N2O3/c1-14(2)16-13-22(12-11-15-9-7-6-8-10-15)18(23)17(16)21-19(24)25-20(3,4)5/h6-10,14,16-17H,11-13H2,1-5H3,(H,21,24)/t16-,17+/m1/s1. The topological polar surface area (TPSA) is 58.6 Å². The maximum absolute atomic E-state index is 12.8. The molecule has 2 rings (SSSR count). The minimum absolute atomic E-state index is 0.0134. The summed E-state index contributed by atoms with van der Waals surface area (Å²) in [6, 6.07) is 9.62. The van der Waals surface area contributed by atoms with Gasteiger partial charge < -0.3 is 15.0 Å². The number of carbonyl (C=O) groups excluding carboxylic acids is 2. The van der Waals surface area contributed by atoms with Gasteiger partial charge in [-0.1, -0.05) is 44.2 Å². The van der Waals surface area contributed by atoms with Crippen LogP contribution in [0.25, 0.3) is 0 Å². The van der Waals surface area contributed by atoms with Gasteiger partial charge in [0, 0.05) is 19.0 Å². The Bertz CT molecular complexity index is 593. The second-order valence-corrected chi connectivity index (χ2v) is 8.05. The van der Waals surface area contributed by atoms with Gasteiger partial charge in [-0.25, -0.2) is 4.79 Å². The Balaban J connectivity index is 2.00. The molecule has 0 unspecified atom stereocenters. The van der Waals surface area contributed by atoms with E-state index in [0.717, 1.165) is 6.42 Å². The molecule has 0 aliphatic carbocycles. The SMILES string of the molecule is CC(C)[C@H]1CN(CCc2ccccc2)C(=O)[C@H]1NC(=O)OC(C)(C)C. The fraction of sp³-hybridized carbons (Fsp3) is 0.600. The molecule has 1 aliphatic rings. The zero-order valence-electron chi connectivity index (χ0n) is 15.9. The molecular weight excluding hydrogens is 316 g/mol. The van der Waals surface area contributed by atoms with E-state index < -0.39 is 17.7 Å². The maximum Gasteiger partial charge on any atom is 0.408 e. The lowest BCUT2D eigenvalue weighted by molar-refractivity contribution is -0.129. The predicted molar refractivity (Wildman–Crippen MR) is 98.2 cm³/mol. The highest BCUT2D eigenvalue weighted by atomic mass is 16.6. The van der Waals surface area contributed by atoms with Crippen LogP contribution in [0.5, 0.6) is 0 Å². The van der Waals surface area contributed by atoms with Gasteiger partial charge >= 0.3 is 6.09 Å². The van der Waals surface area contributed by atoms with Crippen LogP contribution in [-0.2, 0) is 16.0 Å². The van der Waals surface area contributed by atoms with E-state index in [1.165, 1.54) is 5.56 Å². The summed E-state index contributed by atoms with van der Waals surface area (Å²) in [5, 5.41) is 2.79. The molecule has 25 heavy (non-hydrogen) atoms. The summed E-state index contributed by atoms with van der Waals surface area (Å²) in [5.74, 6) is 0.377. The molecule has 5 heteroatoms. The molecule has 2 atom stereocenters. The molecule has 1 fully saturated rings. The fourth-order valence-corrected chi connectivity index (χ4v) is 3.14. The van der Waals surface area contributed by atoms with E-state index in [4.69, 9.17) is 4.74 Å². The quantitative estimate of drug-likeness (QED) is 0.890. The first-order chi connectivity index (χ1) is 11.7. The molecule has 1 aromatic rings. The molecule has 1 N–H and O–H groups in total. The molecule has 2 amide bonds. The summed E-state index contributed by atoms with van der Waals surface area (Å²) in [6.45, 7) is 11.0. The first-order valence-electron chi connectivity index (χ1n) is 8.99. The largest absolute Gasteiger partial charge is 0.444 e. The Hall–Kier alpha value is -2.04. The number of likely N-dealkylation sites (tertiary alicyclic amines) is 1. The highest BCUT2D eigenvalue weighted by Crippen LogP contribution is 2.26. The van der Waals surface area contributed by atoms with Crippen molar-refractivity contribution in [1.82, 2.24) is 10.2 Å². The van der Waals surface area contributed by atoms with E-state index in [1.807, 2.05) is 43.9 Å². The van der Waals surface area contributed by atoms with Gasteiger partial charge in [0.25, 0.3) is 0 Å². The average Bonchev–Trinajstić information content (AvgIpc) is 2.81.